The number of unbranched alkanes of at least 4 members (excludes halogenated alkanes) is 1. The molecule has 0 aliphatic carbocycles. The van der Waals surface area contributed by atoms with Gasteiger partial charge in [-0.25, -0.2) is 0 Å². The molecule has 0 aliphatic rings. The fraction of sp³-hybridized carbons (Fsp3) is 0.714. The van der Waals surface area contributed by atoms with Crippen LogP contribution >= 0.6 is 0 Å². The molecule has 0 heterocycles. The van der Waals surface area contributed by atoms with E-state index >= 15 is 0 Å². The summed E-state index contributed by atoms with van der Waals surface area (Å²) in [5, 5.41) is 0. The number of allylic oxidation sites excluding steroid dienone is 1. The maximum atomic E-state index is 10.8. The van der Waals surface area contributed by atoms with Crippen LogP contribution in [0.3, 0.4) is 0 Å². The molecule has 0 aliphatic heterocycles. The van der Waals surface area contributed by atoms with Gasteiger partial charge in [-0.2, -0.15) is 8.42 Å². The highest BCUT2D eigenvalue weighted by Crippen LogP contribution is 1.98. The third kappa shape index (κ3) is 6.06. The highest BCUT2D eigenvalue weighted by atomic mass is 32.2. The Hall–Kier alpha value is -0.350. The molecule has 0 saturated heterocycles. The van der Waals surface area contributed by atoms with Gasteiger partial charge in [-0.05, 0) is 19.8 Å². The van der Waals surface area contributed by atoms with Crippen LogP contribution in [0, 0.1) is 0 Å². The zero-order valence-corrected chi connectivity index (χ0v) is 7.56. The van der Waals surface area contributed by atoms with Gasteiger partial charge in [0.25, 0.3) is 10.1 Å². The molecule has 4 heteroatoms. The van der Waals surface area contributed by atoms with Crippen LogP contribution in [0.1, 0.15) is 19.8 Å². The lowest BCUT2D eigenvalue weighted by atomic mass is 10.3. The van der Waals surface area contributed by atoms with Crippen LogP contribution in [0.2, 0.25) is 0 Å². The Morgan fingerprint density at radius 2 is 2.18 bits per heavy atom. The molecule has 0 bridgehead atoms. The molecule has 0 unspecified atom stereocenters. The summed E-state index contributed by atoms with van der Waals surface area (Å²) in [4.78, 5) is 0. The number of hydrogen-bond donors (Lipinski definition) is 0. The second kappa shape index (κ2) is 5.32. The molecular formula is C7H14O3S. The summed E-state index contributed by atoms with van der Waals surface area (Å²) in [6, 6.07) is 0. The third-order valence-electron chi connectivity index (χ3n) is 1.10. The van der Waals surface area contributed by atoms with Gasteiger partial charge in [0.05, 0.1) is 12.4 Å². The molecule has 0 radical (unpaired) electrons. The van der Waals surface area contributed by atoms with Crippen molar-refractivity contribution < 1.29 is 12.6 Å². The first-order valence-electron chi connectivity index (χ1n) is 3.60. The first kappa shape index (κ1) is 10.7. The molecule has 0 saturated carbocycles. The zero-order chi connectivity index (χ0) is 8.74. The first-order chi connectivity index (χ1) is 5.12. The highest BCUT2D eigenvalue weighted by molar-refractivity contribution is 7.86. The van der Waals surface area contributed by atoms with Gasteiger partial charge in [-0.15, -0.1) is 6.58 Å². The van der Waals surface area contributed by atoms with Gasteiger partial charge in [0.1, 0.15) is 0 Å². The molecule has 0 aromatic heterocycles. The van der Waals surface area contributed by atoms with Crippen molar-refractivity contribution in [2.75, 3.05) is 12.4 Å². The Kier molecular flexibility index (Phi) is 5.15. The molecule has 0 rings (SSSR count). The topological polar surface area (TPSA) is 43.4 Å². The molecule has 66 valence electrons. The second-order valence-corrected chi connectivity index (χ2v) is 3.86. The molecule has 0 N–H and O–H groups in total. The van der Waals surface area contributed by atoms with Crippen LogP contribution in [0.5, 0.6) is 0 Å². The van der Waals surface area contributed by atoms with Crippen LogP contribution in [-0.4, -0.2) is 20.8 Å². The molecule has 0 fully saturated rings. The van der Waals surface area contributed by atoms with Crippen molar-refractivity contribution in [3.8, 4) is 0 Å². The van der Waals surface area contributed by atoms with Crippen LogP contribution in [-0.2, 0) is 14.3 Å². The van der Waals surface area contributed by atoms with Gasteiger partial charge in [0, 0.05) is 0 Å². The predicted octanol–water partition coefficient (Wildman–Crippen LogP) is 1.32. The van der Waals surface area contributed by atoms with E-state index in [-0.39, 0.29) is 12.4 Å². The second-order valence-electron chi connectivity index (χ2n) is 2.10. The quantitative estimate of drug-likeness (QED) is 0.350. The predicted molar refractivity (Wildman–Crippen MR) is 44.8 cm³/mol. The molecule has 0 aromatic rings. The fourth-order valence-electron chi connectivity index (χ4n) is 0.643. The van der Waals surface area contributed by atoms with Crippen molar-refractivity contribution in [2.45, 2.75) is 19.8 Å². The smallest absolute Gasteiger partial charge is 0.267 e. The van der Waals surface area contributed by atoms with E-state index in [4.69, 9.17) is 0 Å². The Bertz CT molecular complexity index is 194. The van der Waals surface area contributed by atoms with Crippen LogP contribution in [0.15, 0.2) is 12.7 Å². The van der Waals surface area contributed by atoms with Crippen molar-refractivity contribution in [3.05, 3.63) is 12.7 Å². The minimum atomic E-state index is -3.25. The van der Waals surface area contributed by atoms with Crippen molar-refractivity contribution in [3.63, 3.8) is 0 Å². The van der Waals surface area contributed by atoms with E-state index < -0.39 is 10.1 Å². The first-order valence-corrected chi connectivity index (χ1v) is 5.18. The summed E-state index contributed by atoms with van der Waals surface area (Å²) in [5.74, 6) is 0.0901. The fourth-order valence-corrected chi connectivity index (χ4v) is 1.64. The molecule has 11 heavy (non-hydrogen) atoms. The maximum absolute atomic E-state index is 10.8. The lowest BCUT2D eigenvalue weighted by molar-refractivity contribution is 0.337. The molecular weight excluding hydrogens is 164 g/mol. The summed E-state index contributed by atoms with van der Waals surface area (Å²) in [7, 11) is -3.25. The van der Waals surface area contributed by atoms with Crippen molar-refractivity contribution in [1.29, 1.82) is 0 Å². The van der Waals surface area contributed by atoms with Crippen LogP contribution in [0.4, 0.5) is 0 Å². The van der Waals surface area contributed by atoms with E-state index in [9.17, 15) is 8.42 Å². The molecule has 0 aromatic carbocycles. The standard InChI is InChI=1S/C7H14O3S/c1-3-5-6-7-11(8,9)10-4-2/h3H,1,4-7H2,2H3. The van der Waals surface area contributed by atoms with E-state index in [0.717, 1.165) is 0 Å². The Morgan fingerprint density at radius 1 is 1.55 bits per heavy atom. The van der Waals surface area contributed by atoms with E-state index in [1.54, 1.807) is 13.0 Å². The average molecular weight is 178 g/mol. The van der Waals surface area contributed by atoms with Crippen LogP contribution in [0.25, 0.3) is 0 Å². The lowest BCUT2D eigenvalue weighted by Gasteiger charge is -2.00. The number of rotatable bonds is 6. The van der Waals surface area contributed by atoms with Crippen molar-refractivity contribution in [1.82, 2.24) is 0 Å². The molecule has 0 spiro atoms. The largest absolute Gasteiger partial charge is 0.270 e. The van der Waals surface area contributed by atoms with E-state index in [0.29, 0.717) is 12.8 Å². The summed E-state index contributed by atoms with van der Waals surface area (Å²) in [5.41, 5.74) is 0. The van der Waals surface area contributed by atoms with Gasteiger partial charge < -0.3 is 0 Å². The Labute approximate surface area is 68.2 Å². The highest BCUT2D eigenvalue weighted by Gasteiger charge is 2.07. The molecule has 0 amide bonds. The van der Waals surface area contributed by atoms with Gasteiger partial charge in [-0.1, -0.05) is 6.08 Å². The Morgan fingerprint density at radius 3 is 2.64 bits per heavy atom. The third-order valence-corrected chi connectivity index (χ3v) is 2.48. The summed E-state index contributed by atoms with van der Waals surface area (Å²) in [6.07, 6.45) is 3.00. The molecule has 3 nitrogen and oxygen atoms in total. The zero-order valence-electron chi connectivity index (χ0n) is 6.75. The van der Waals surface area contributed by atoms with Gasteiger partial charge in [0.15, 0.2) is 0 Å². The van der Waals surface area contributed by atoms with Gasteiger partial charge >= 0.3 is 0 Å². The summed E-state index contributed by atoms with van der Waals surface area (Å²) in [6.45, 7) is 5.37. The van der Waals surface area contributed by atoms with Crippen LogP contribution < -0.4 is 0 Å². The normalized spacial score (nSPS) is 11.4. The number of hydrogen-bond acceptors (Lipinski definition) is 3. The summed E-state index contributed by atoms with van der Waals surface area (Å²) >= 11 is 0. The van der Waals surface area contributed by atoms with Crippen molar-refractivity contribution in [2.24, 2.45) is 0 Å². The van der Waals surface area contributed by atoms with Gasteiger partial charge in [0.2, 0.25) is 0 Å². The van der Waals surface area contributed by atoms with E-state index in [1.807, 2.05) is 0 Å². The van der Waals surface area contributed by atoms with E-state index in [2.05, 4.69) is 10.8 Å². The summed E-state index contributed by atoms with van der Waals surface area (Å²) < 4.78 is 26.2. The maximum Gasteiger partial charge on any atom is 0.267 e. The monoisotopic (exact) mass is 178 g/mol. The molecule has 0 atom stereocenters. The van der Waals surface area contributed by atoms with E-state index in [1.165, 1.54) is 0 Å². The Balaban J connectivity index is 3.64. The SMILES string of the molecule is C=CCCCS(=O)(=O)OCC. The average Bonchev–Trinajstić information content (AvgIpc) is 1.87. The minimum Gasteiger partial charge on any atom is -0.270 e. The lowest BCUT2D eigenvalue weighted by Crippen LogP contribution is -2.09. The van der Waals surface area contributed by atoms with Gasteiger partial charge in [-0.3, -0.25) is 4.18 Å². The minimum absolute atomic E-state index is 0.0901. The van der Waals surface area contributed by atoms with Crippen molar-refractivity contribution >= 4 is 10.1 Å².